The molecule has 9 heteroatoms. The van der Waals surface area contributed by atoms with Crippen LogP contribution in [0.3, 0.4) is 0 Å². The van der Waals surface area contributed by atoms with Crippen molar-refractivity contribution in [2.75, 3.05) is 6.61 Å². The van der Waals surface area contributed by atoms with E-state index in [-0.39, 0.29) is 10.8 Å². The van der Waals surface area contributed by atoms with E-state index < -0.39 is 34.5 Å². The van der Waals surface area contributed by atoms with Crippen molar-refractivity contribution >= 4 is 37.8 Å². The maximum Gasteiger partial charge on any atom is 0.324 e. The Kier molecular flexibility index (Phi) is 8.57. The van der Waals surface area contributed by atoms with E-state index in [0.29, 0.717) is 6.54 Å². The number of rotatable bonds is 9. The zero-order valence-electron chi connectivity index (χ0n) is 17.0. The van der Waals surface area contributed by atoms with Gasteiger partial charge in [0.2, 0.25) is 10.0 Å². The molecule has 0 saturated heterocycles. The number of nitrogens with one attached hydrogen (secondary N) is 2. The van der Waals surface area contributed by atoms with Crippen molar-refractivity contribution < 1.29 is 22.7 Å². The molecule has 2 aromatic rings. The molecule has 162 valence electrons. The van der Waals surface area contributed by atoms with Crippen LogP contribution in [-0.2, 0) is 30.9 Å². The fourth-order valence-electron chi connectivity index (χ4n) is 2.49. The molecular formula is C21H25BrN2O5S. The smallest absolute Gasteiger partial charge is 0.324 e. The van der Waals surface area contributed by atoms with Crippen molar-refractivity contribution in [2.45, 2.75) is 38.3 Å². The molecule has 7 nitrogen and oxygen atoms in total. The number of benzene rings is 2. The summed E-state index contributed by atoms with van der Waals surface area (Å²) in [7, 11) is -3.93. The minimum atomic E-state index is -3.93. The van der Waals surface area contributed by atoms with E-state index in [2.05, 4.69) is 26.0 Å². The highest BCUT2D eigenvalue weighted by molar-refractivity contribution is 9.10. The molecule has 2 rings (SSSR count). The van der Waals surface area contributed by atoms with Crippen molar-refractivity contribution in [2.24, 2.45) is 5.92 Å². The monoisotopic (exact) mass is 496 g/mol. The second-order valence-corrected chi connectivity index (χ2v) is 9.80. The SMILES string of the molecule is Cc1ccc(CNC(=O)COC(=O)[C@@H](NS(=O)(=O)c2ccc(Br)cc2)C(C)C)cc1. The number of carbonyl (C=O) groups excluding carboxylic acids is 2. The van der Waals surface area contributed by atoms with Crippen LogP contribution in [0.1, 0.15) is 25.0 Å². The highest BCUT2D eigenvalue weighted by atomic mass is 79.9. The van der Waals surface area contributed by atoms with E-state index in [1.165, 1.54) is 12.1 Å². The summed E-state index contributed by atoms with van der Waals surface area (Å²) in [5.74, 6) is -1.66. The highest BCUT2D eigenvalue weighted by Gasteiger charge is 2.30. The number of sulfonamides is 1. The van der Waals surface area contributed by atoms with Gasteiger partial charge in [0.25, 0.3) is 5.91 Å². The van der Waals surface area contributed by atoms with Gasteiger partial charge >= 0.3 is 5.97 Å². The first kappa shape index (κ1) is 24.0. The maximum absolute atomic E-state index is 12.6. The Balaban J connectivity index is 1.92. The Morgan fingerprint density at radius 3 is 2.20 bits per heavy atom. The average molecular weight is 497 g/mol. The van der Waals surface area contributed by atoms with Gasteiger partial charge in [0.15, 0.2) is 6.61 Å². The van der Waals surface area contributed by atoms with Gasteiger partial charge in [0, 0.05) is 11.0 Å². The summed E-state index contributed by atoms with van der Waals surface area (Å²) in [6.07, 6.45) is 0. The van der Waals surface area contributed by atoms with Crippen molar-refractivity contribution in [1.29, 1.82) is 0 Å². The van der Waals surface area contributed by atoms with Crippen LogP contribution in [0.25, 0.3) is 0 Å². The van der Waals surface area contributed by atoms with Crippen molar-refractivity contribution in [1.82, 2.24) is 10.0 Å². The van der Waals surface area contributed by atoms with Gasteiger partial charge in [-0.3, -0.25) is 9.59 Å². The topological polar surface area (TPSA) is 102 Å². The molecule has 0 spiro atoms. The van der Waals surface area contributed by atoms with Gasteiger partial charge in [-0.1, -0.05) is 59.6 Å². The number of amides is 1. The Bertz CT molecular complexity index is 973. The van der Waals surface area contributed by atoms with Crippen LogP contribution in [0.5, 0.6) is 0 Å². The number of hydrogen-bond donors (Lipinski definition) is 2. The predicted molar refractivity (Wildman–Crippen MR) is 117 cm³/mol. The first-order valence-corrected chi connectivity index (χ1v) is 11.6. The fourth-order valence-corrected chi connectivity index (χ4v) is 4.09. The number of halogens is 1. The summed E-state index contributed by atoms with van der Waals surface area (Å²) in [5.41, 5.74) is 2.03. The van der Waals surface area contributed by atoms with Gasteiger partial charge < -0.3 is 10.1 Å². The molecular weight excluding hydrogens is 472 g/mol. The van der Waals surface area contributed by atoms with Crippen LogP contribution in [0, 0.1) is 12.8 Å². The van der Waals surface area contributed by atoms with Gasteiger partial charge in [-0.2, -0.15) is 4.72 Å². The number of carbonyl (C=O) groups is 2. The second kappa shape index (κ2) is 10.7. The number of hydrogen-bond acceptors (Lipinski definition) is 5. The quantitative estimate of drug-likeness (QED) is 0.519. The molecule has 2 N–H and O–H groups in total. The lowest BCUT2D eigenvalue weighted by molar-refractivity contribution is -0.151. The molecule has 0 saturated carbocycles. The molecule has 0 fully saturated rings. The largest absolute Gasteiger partial charge is 0.454 e. The van der Waals surface area contributed by atoms with E-state index in [1.54, 1.807) is 26.0 Å². The summed E-state index contributed by atoms with van der Waals surface area (Å²) >= 11 is 3.25. The van der Waals surface area contributed by atoms with Crippen LogP contribution >= 0.6 is 15.9 Å². The summed E-state index contributed by atoms with van der Waals surface area (Å²) < 4.78 is 33.3. The van der Waals surface area contributed by atoms with Gasteiger partial charge in [-0.15, -0.1) is 0 Å². The highest BCUT2D eigenvalue weighted by Crippen LogP contribution is 2.16. The molecule has 0 bridgehead atoms. The lowest BCUT2D eigenvalue weighted by atomic mass is 10.1. The third kappa shape index (κ3) is 7.23. The Morgan fingerprint density at radius 1 is 1.03 bits per heavy atom. The van der Waals surface area contributed by atoms with Crippen LogP contribution in [0.15, 0.2) is 57.9 Å². The van der Waals surface area contributed by atoms with Gasteiger partial charge in [0.05, 0.1) is 4.90 Å². The Hall–Kier alpha value is -2.23. The van der Waals surface area contributed by atoms with E-state index in [9.17, 15) is 18.0 Å². The molecule has 0 unspecified atom stereocenters. The molecule has 0 aliphatic rings. The Labute approximate surface area is 185 Å². The van der Waals surface area contributed by atoms with Crippen molar-refractivity contribution in [3.8, 4) is 0 Å². The van der Waals surface area contributed by atoms with E-state index in [1.807, 2.05) is 31.2 Å². The van der Waals surface area contributed by atoms with Gasteiger partial charge in [-0.25, -0.2) is 8.42 Å². The van der Waals surface area contributed by atoms with Gasteiger partial charge in [-0.05, 0) is 42.7 Å². The summed E-state index contributed by atoms with van der Waals surface area (Å²) in [6, 6.07) is 12.6. The molecule has 0 aromatic heterocycles. The first-order valence-electron chi connectivity index (χ1n) is 9.35. The van der Waals surface area contributed by atoms with Crippen LogP contribution in [0.2, 0.25) is 0 Å². The molecule has 2 aromatic carbocycles. The van der Waals surface area contributed by atoms with Crippen LogP contribution in [0.4, 0.5) is 0 Å². The molecule has 0 radical (unpaired) electrons. The standard InChI is InChI=1S/C21H25BrN2O5S/c1-14(2)20(24-30(27,28)18-10-8-17(22)9-11-18)21(26)29-13-19(25)23-12-16-6-4-15(3)5-7-16/h4-11,14,20,24H,12-13H2,1-3H3,(H,23,25)/t20-/m0/s1. The number of esters is 1. The molecule has 0 aliphatic heterocycles. The van der Waals surface area contributed by atoms with E-state index in [0.717, 1.165) is 15.6 Å². The fraction of sp³-hybridized carbons (Fsp3) is 0.333. The normalized spacial score (nSPS) is 12.4. The first-order chi connectivity index (χ1) is 14.1. The van der Waals surface area contributed by atoms with Crippen molar-refractivity contribution in [3.05, 3.63) is 64.1 Å². The average Bonchev–Trinajstić information content (AvgIpc) is 2.70. The number of ether oxygens (including phenoxy) is 1. The zero-order chi connectivity index (χ0) is 22.3. The molecule has 0 aliphatic carbocycles. The molecule has 1 atom stereocenters. The molecule has 0 heterocycles. The lowest BCUT2D eigenvalue weighted by Crippen LogP contribution is -2.46. The summed E-state index contributed by atoms with van der Waals surface area (Å²) in [5, 5.41) is 2.66. The van der Waals surface area contributed by atoms with E-state index >= 15 is 0 Å². The van der Waals surface area contributed by atoms with Crippen molar-refractivity contribution in [3.63, 3.8) is 0 Å². The molecule has 1 amide bonds. The van der Waals surface area contributed by atoms with Crippen LogP contribution < -0.4 is 10.0 Å². The second-order valence-electron chi connectivity index (χ2n) is 7.17. The van der Waals surface area contributed by atoms with Crippen LogP contribution in [-0.4, -0.2) is 32.9 Å². The third-order valence-electron chi connectivity index (χ3n) is 4.28. The summed E-state index contributed by atoms with van der Waals surface area (Å²) in [4.78, 5) is 24.4. The third-order valence-corrected chi connectivity index (χ3v) is 6.27. The van der Waals surface area contributed by atoms with Gasteiger partial charge in [0.1, 0.15) is 6.04 Å². The lowest BCUT2D eigenvalue weighted by Gasteiger charge is -2.20. The Morgan fingerprint density at radius 2 is 1.63 bits per heavy atom. The predicted octanol–water partition coefficient (Wildman–Crippen LogP) is 2.92. The number of aryl methyl sites for hydroxylation is 1. The molecule has 30 heavy (non-hydrogen) atoms. The zero-order valence-corrected chi connectivity index (χ0v) is 19.4. The minimum absolute atomic E-state index is 0.0278. The minimum Gasteiger partial charge on any atom is -0.454 e. The maximum atomic E-state index is 12.6. The summed E-state index contributed by atoms with van der Waals surface area (Å²) in [6.45, 7) is 5.16. The van der Waals surface area contributed by atoms with E-state index in [4.69, 9.17) is 4.74 Å².